The van der Waals surface area contributed by atoms with Crippen LogP contribution < -0.4 is 5.32 Å². The summed E-state index contributed by atoms with van der Waals surface area (Å²) in [6, 6.07) is 12.4. The molecule has 1 atom stereocenters. The molecule has 0 unspecified atom stereocenters. The molecule has 2 aromatic carbocycles. The Hall–Kier alpha value is -2.01. The Morgan fingerprint density at radius 1 is 1.12 bits per heavy atom. The lowest BCUT2D eigenvalue weighted by Crippen LogP contribution is -2.38. The van der Waals surface area contributed by atoms with Gasteiger partial charge in [0.1, 0.15) is 6.04 Å². The minimum atomic E-state index is -0.904. The Morgan fingerprint density at radius 3 is 2.71 bits per heavy atom. The Morgan fingerprint density at radius 2 is 1.92 bits per heavy atom. The maximum Gasteiger partial charge on any atom is 0.321 e. The van der Waals surface area contributed by atoms with Gasteiger partial charge in [-0.05, 0) is 23.3 Å². The minimum absolute atomic E-state index is 0.332. The smallest absolute Gasteiger partial charge is 0.321 e. The molecule has 6 heteroatoms. The lowest BCUT2D eigenvalue weighted by molar-refractivity contribution is -0.139. The number of nitrogens with one attached hydrogen (secondary N) is 2. The first-order valence-corrected chi connectivity index (χ1v) is 8.26. The largest absolute Gasteiger partial charge is 0.480 e. The fourth-order valence-corrected chi connectivity index (χ4v) is 3.07. The van der Waals surface area contributed by atoms with E-state index in [1.165, 1.54) is 0 Å². The number of carboxylic acids is 1. The number of aromatic nitrogens is 1. The Kier molecular flexibility index (Phi) is 5.09. The monoisotopic (exact) mass is 362 g/mol. The first-order chi connectivity index (χ1) is 11.6. The van der Waals surface area contributed by atoms with Gasteiger partial charge in [0.05, 0.1) is 10.0 Å². The standard InChI is InChI=1S/C18H16Cl2N2O2/c19-14-6-3-4-11(17(14)20)9-22-16(18(23)24)8-12-10-21-15-7-2-1-5-13(12)15/h1-7,10,16,21-22H,8-9H2,(H,23,24)/t16-/m0/s1. The van der Waals surface area contributed by atoms with Crippen molar-refractivity contribution in [3.63, 3.8) is 0 Å². The van der Waals surface area contributed by atoms with Gasteiger partial charge in [0.25, 0.3) is 0 Å². The van der Waals surface area contributed by atoms with Gasteiger partial charge in [-0.2, -0.15) is 0 Å². The molecule has 124 valence electrons. The van der Waals surface area contributed by atoms with E-state index in [0.717, 1.165) is 22.0 Å². The lowest BCUT2D eigenvalue weighted by atomic mass is 10.0. The van der Waals surface area contributed by atoms with E-state index in [1.54, 1.807) is 12.1 Å². The normalized spacial score (nSPS) is 12.4. The van der Waals surface area contributed by atoms with Crippen molar-refractivity contribution in [2.75, 3.05) is 0 Å². The minimum Gasteiger partial charge on any atom is -0.480 e. The Labute approximate surface area is 149 Å². The van der Waals surface area contributed by atoms with Crippen LogP contribution in [-0.4, -0.2) is 22.1 Å². The average Bonchev–Trinajstić information content (AvgIpc) is 2.98. The van der Waals surface area contributed by atoms with Gasteiger partial charge < -0.3 is 10.1 Å². The fraction of sp³-hybridized carbons (Fsp3) is 0.167. The molecule has 0 spiro atoms. The van der Waals surface area contributed by atoms with Crippen molar-refractivity contribution in [2.24, 2.45) is 0 Å². The van der Waals surface area contributed by atoms with E-state index in [-0.39, 0.29) is 0 Å². The summed E-state index contributed by atoms with van der Waals surface area (Å²) in [7, 11) is 0. The highest BCUT2D eigenvalue weighted by Crippen LogP contribution is 2.25. The molecule has 0 radical (unpaired) electrons. The van der Waals surface area contributed by atoms with Crippen molar-refractivity contribution in [1.29, 1.82) is 0 Å². The molecule has 0 saturated heterocycles. The molecule has 3 N–H and O–H groups in total. The summed E-state index contributed by atoms with van der Waals surface area (Å²) in [5.41, 5.74) is 2.73. The van der Waals surface area contributed by atoms with Gasteiger partial charge in [-0.1, -0.05) is 53.5 Å². The van der Waals surface area contributed by atoms with Gasteiger partial charge in [0.2, 0.25) is 0 Å². The van der Waals surface area contributed by atoms with E-state index in [4.69, 9.17) is 23.2 Å². The molecule has 1 heterocycles. The maximum absolute atomic E-state index is 11.6. The summed E-state index contributed by atoms with van der Waals surface area (Å²) < 4.78 is 0. The van der Waals surface area contributed by atoms with Crippen molar-refractivity contribution in [1.82, 2.24) is 10.3 Å². The fourth-order valence-electron chi connectivity index (χ4n) is 2.69. The van der Waals surface area contributed by atoms with Gasteiger partial charge in [-0.25, -0.2) is 0 Å². The zero-order valence-electron chi connectivity index (χ0n) is 12.7. The summed E-state index contributed by atoms with van der Waals surface area (Å²) in [4.78, 5) is 14.8. The topological polar surface area (TPSA) is 65.1 Å². The third-order valence-electron chi connectivity index (χ3n) is 3.97. The third-order valence-corrected chi connectivity index (χ3v) is 4.83. The summed E-state index contributed by atoms with van der Waals surface area (Å²) in [5, 5.41) is 14.5. The molecular weight excluding hydrogens is 347 g/mol. The maximum atomic E-state index is 11.6. The van der Waals surface area contributed by atoms with Crippen LogP contribution in [0.5, 0.6) is 0 Å². The predicted octanol–water partition coefficient (Wildman–Crippen LogP) is 4.26. The van der Waals surface area contributed by atoms with E-state index in [0.29, 0.717) is 23.0 Å². The number of hydrogen-bond acceptors (Lipinski definition) is 2. The first-order valence-electron chi connectivity index (χ1n) is 7.50. The quantitative estimate of drug-likeness (QED) is 0.613. The van der Waals surface area contributed by atoms with Crippen molar-refractivity contribution >= 4 is 40.1 Å². The van der Waals surface area contributed by atoms with Crippen molar-refractivity contribution < 1.29 is 9.90 Å². The van der Waals surface area contributed by atoms with Crippen molar-refractivity contribution in [3.05, 3.63) is 69.8 Å². The molecule has 0 aliphatic heterocycles. The summed E-state index contributed by atoms with van der Waals surface area (Å²) in [6.07, 6.45) is 2.23. The number of fused-ring (bicyclic) bond motifs is 1. The second kappa shape index (κ2) is 7.26. The molecule has 0 bridgehead atoms. The number of carboxylic acid groups (broad SMARTS) is 1. The first kappa shape index (κ1) is 16.8. The zero-order valence-corrected chi connectivity index (χ0v) is 14.2. The molecule has 0 amide bonds. The van der Waals surface area contributed by atoms with Crippen LogP contribution in [0.25, 0.3) is 10.9 Å². The number of rotatable bonds is 6. The number of carbonyl (C=O) groups is 1. The molecular formula is C18H16Cl2N2O2. The molecule has 1 aromatic heterocycles. The van der Waals surface area contributed by atoms with Crippen LogP contribution in [-0.2, 0) is 17.8 Å². The molecule has 0 saturated carbocycles. The molecule has 0 aliphatic carbocycles. The molecule has 0 fully saturated rings. The molecule has 3 rings (SSSR count). The van der Waals surface area contributed by atoms with Gasteiger partial charge >= 0.3 is 5.97 Å². The van der Waals surface area contributed by atoms with Crippen LogP contribution >= 0.6 is 23.2 Å². The highest BCUT2D eigenvalue weighted by Gasteiger charge is 2.19. The Bertz CT molecular complexity index is 876. The number of benzene rings is 2. The van der Waals surface area contributed by atoms with Crippen LogP contribution in [0.3, 0.4) is 0 Å². The van der Waals surface area contributed by atoms with E-state index in [9.17, 15) is 9.90 Å². The van der Waals surface area contributed by atoms with Crippen molar-refractivity contribution in [2.45, 2.75) is 19.0 Å². The van der Waals surface area contributed by atoms with Crippen LogP contribution in [0.4, 0.5) is 0 Å². The summed E-state index contributed by atoms with van der Waals surface area (Å²) in [6.45, 7) is 0.332. The van der Waals surface area contributed by atoms with Gasteiger partial charge in [0, 0.05) is 30.1 Å². The van der Waals surface area contributed by atoms with Crippen LogP contribution in [0.15, 0.2) is 48.7 Å². The van der Waals surface area contributed by atoms with E-state index < -0.39 is 12.0 Å². The van der Waals surface area contributed by atoms with Crippen molar-refractivity contribution in [3.8, 4) is 0 Å². The zero-order chi connectivity index (χ0) is 17.1. The third kappa shape index (κ3) is 3.56. The second-order valence-electron chi connectivity index (χ2n) is 5.55. The van der Waals surface area contributed by atoms with Crippen LogP contribution in [0.2, 0.25) is 10.0 Å². The number of aliphatic carboxylic acids is 1. The molecule has 4 nitrogen and oxygen atoms in total. The number of para-hydroxylation sites is 1. The Balaban J connectivity index is 1.76. The van der Waals surface area contributed by atoms with Gasteiger partial charge in [0.15, 0.2) is 0 Å². The number of aromatic amines is 1. The van der Waals surface area contributed by atoms with Gasteiger partial charge in [-0.15, -0.1) is 0 Å². The van der Waals surface area contributed by atoms with E-state index >= 15 is 0 Å². The van der Waals surface area contributed by atoms with E-state index in [2.05, 4.69) is 10.3 Å². The summed E-state index contributed by atoms with van der Waals surface area (Å²) >= 11 is 12.1. The van der Waals surface area contributed by atoms with E-state index in [1.807, 2.05) is 36.5 Å². The molecule has 0 aliphatic rings. The van der Waals surface area contributed by atoms with Gasteiger partial charge in [-0.3, -0.25) is 10.1 Å². The number of halogens is 2. The highest BCUT2D eigenvalue weighted by molar-refractivity contribution is 6.42. The second-order valence-corrected chi connectivity index (χ2v) is 6.33. The number of H-pyrrole nitrogens is 1. The number of hydrogen-bond donors (Lipinski definition) is 3. The average molecular weight is 363 g/mol. The summed E-state index contributed by atoms with van der Waals surface area (Å²) in [5.74, 6) is -0.904. The molecule has 24 heavy (non-hydrogen) atoms. The highest BCUT2D eigenvalue weighted by atomic mass is 35.5. The SMILES string of the molecule is O=C(O)[C@H](Cc1c[nH]c2ccccc12)NCc1cccc(Cl)c1Cl. The lowest BCUT2D eigenvalue weighted by Gasteiger charge is -2.15. The van der Waals surface area contributed by atoms with Crippen LogP contribution in [0.1, 0.15) is 11.1 Å². The van der Waals surface area contributed by atoms with Crippen LogP contribution in [0, 0.1) is 0 Å². The predicted molar refractivity (Wildman–Crippen MR) is 96.7 cm³/mol. The molecule has 3 aromatic rings.